The lowest BCUT2D eigenvalue weighted by molar-refractivity contribution is 0.288. The third kappa shape index (κ3) is 1.94. The average molecular weight is 284 g/mol. The van der Waals surface area contributed by atoms with E-state index in [4.69, 9.17) is 19.7 Å². The van der Waals surface area contributed by atoms with E-state index in [9.17, 15) is 0 Å². The molecule has 0 radical (unpaired) electrons. The molecule has 0 saturated carbocycles. The molecule has 0 saturated heterocycles. The number of fused-ring (bicyclic) bond motifs is 3. The summed E-state index contributed by atoms with van der Waals surface area (Å²) < 4.78 is 16.8. The number of hydrogen-bond acceptors (Lipinski definition) is 7. The number of hydrogen-bond donors (Lipinski definition) is 1. The Morgan fingerprint density at radius 1 is 1.33 bits per heavy atom. The highest BCUT2D eigenvalue weighted by molar-refractivity contribution is 5.95. The number of ether oxygens (including phenoxy) is 2. The van der Waals surface area contributed by atoms with Crippen molar-refractivity contribution in [1.82, 2.24) is 15.4 Å². The van der Waals surface area contributed by atoms with Gasteiger partial charge in [-0.15, -0.1) is 5.10 Å². The molecule has 0 amide bonds. The van der Waals surface area contributed by atoms with E-state index in [1.807, 2.05) is 0 Å². The first kappa shape index (κ1) is 12.0. The smallest absolute Gasteiger partial charge is 0.238 e. The van der Waals surface area contributed by atoms with Gasteiger partial charge in [0.1, 0.15) is 16.9 Å². The van der Waals surface area contributed by atoms with Gasteiger partial charge in [0.25, 0.3) is 0 Å². The van der Waals surface area contributed by atoms with Crippen LogP contribution in [-0.2, 0) is 6.42 Å². The first-order valence-electron chi connectivity index (χ1n) is 6.62. The van der Waals surface area contributed by atoms with Crippen LogP contribution >= 0.6 is 0 Å². The van der Waals surface area contributed by atoms with Gasteiger partial charge in [0.15, 0.2) is 11.4 Å². The third-order valence-corrected chi connectivity index (χ3v) is 3.39. The first-order chi connectivity index (χ1) is 10.3. The van der Waals surface area contributed by atoms with E-state index in [0.717, 1.165) is 18.4 Å². The molecule has 0 atom stereocenters. The number of nitrogens with two attached hydrogens (primary N) is 1. The van der Waals surface area contributed by atoms with Gasteiger partial charge in [0.2, 0.25) is 5.88 Å². The molecular formula is C14H12N4O3. The van der Waals surface area contributed by atoms with Gasteiger partial charge in [-0.3, -0.25) is 0 Å². The van der Waals surface area contributed by atoms with Gasteiger partial charge in [-0.1, -0.05) is 5.16 Å². The van der Waals surface area contributed by atoms with Crippen LogP contribution < -0.4 is 15.2 Å². The van der Waals surface area contributed by atoms with E-state index in [1.54, 1.807) is 24.4 Å². The van der Waals surface area contributed by atoms with Crippen molar-refractivity contribution >= 4 is 16.8 Å². The number of aromatic nitrogens is 3. The van der Waals surface area contributed by atoms with Crippen LogP contribution in [-0.4, -0.2) is 22.0 Å². The summed E-state index contributed by atoms with van der Waals surface area (Å²) in [4.78, 5) is 0. The minimum atomic E-state index is 0.328. The number of anilines is 1. The van der Waals surface area contributed by atoms with E-state index < -0.39 is 0 Å². The average Bonchev–Trinajstić information content (AvgIpc) is 2.90. The molecule has 1 aromatic carbocycles. The standard InChI is InChI=1S/C14H12N4O3/c15-14-12-10(21-18-14)7-9(8-3-2-6-19-13(8)12)20-11-4-1-5-16-17-11/h1,4-5,7H,2-3,6H2,(H2,15,18). The number of rotatable bonds is 2. The molecule has 0 spiro atoms. The largest absolute Gasteiger partial charge is 0.492 e. The minimum absolute atomic E-state index is 0.328. The van der Waals surface area contributed by atoms with Crippen LogP contribution in [0.2, 0.25) is 0 Å². The van der Waals surface area contributed by atoms with Gasteiger partial charge < -0.3 is 19.7 Å². The Labute approximate surface area is 119 Å². The van der Waals surface area contributed by atoms with Crippen molar-refractivity contribution in [2.24, 2.45) is 0 Å². The van der Waals surface area contributed by atoms with E-state index in [-0.39, 0.29) is 0 Å². The fraction of sp³-hybridized carbons (Fsp3) is 0.214. The fourth-order valence-electron chi connectivity index (χ4n) is 2.48. The highest BCUT2D eigenvalue weighted by Crippen LogP contribution is 2.43. The molecule has 3 heterocycles. The van der Waals surface area contributed by atoms with Crippen molar-refractivity contribution in [3.63, 3.8) is 0 Å². The van der Waals surface area contributed by atoms with Gasteiger partial charge in [0, 0.05) is 23.9 Å². The summed E-state index contributed by atoms with van der Waals surface area (Å²) >= 11 is 0. The van der Waals surface area contributed by atoms with E-state index in [1.165, 1.54) is 0 Å². The number of nitrogens with zero attached hydrogens (tertiary/aromatic N) is 3. The van der Waals surface area contributed by atoms with Crippen molar-refractivity contribution in [2.45, 2.75) is 12.8 Å². The molecule has 1 aliphatic heterocycles. The molecule has 4 rings (SSSR count). The van der Waals surface area contributed by atoms with E-state index in [0.29, 0.717) is 40.8 Å². The van der Waals surface area contributed by atoms with Gasteiger partial charge in [-0.25, -0.2) is 0 Å². The Hall–Kier alpha value is -2.83. The zero-order valence-electron chi connectivity index (χ0n) is 11.1. The molecule has 7 heteroatoms. The summed E-state index contributed by atoms with van der Waals surface area (Å²) in [5.41, 5.74) is 7.34. The predicted molar refractivity (Wildman–Crippen MR) is 74.3 cm³/mol. The second-order valence-corrected chi connectivity index (χ2v) is 4.74. The quantitative estimate of drug-likeness (QED) is 0.771. The molecule has 1 aliphatic rings. The van der Waals surface area contributed by atoms with Crippen LogP contribution in [0.5, 0.6) is 17.4 Å². The zero-order valence-corrected chi connectivity index (χ0v) is 11.1. The highest BCUT2D eigenvalue weighted by Gasteiger charge is 2.24. The topological polar surface area (TPSA) is 96.3 Å². The Balaban J connectivity index is 1.89. The monoisotopic (exact) mass is 284 g/mol. The Morgan fingerprint density at radius 2 is 2.29 bits per heavy atom. The normalized spacial score (nSPS) is 13.7. The summed E-state index contributed by atoms with van der Waals surface area (Å²) in [5.74, 6) is 2.07. The summed E-state index contributed by atoms with van der Waals surface area (Å²) in [6.07, 6.45) is 3.35. The maximum Gasteiger partial charge on any atom is 0.238 e. The molecule has 106 valence electrons. The lowest BCUT2D eigenvalue weighted by atomic mass is 10.0. The number of benzene rings is 1. The Bertz CT molecular complexity index is 801. The maximum absolute atomic E-state index is 5.85. The molecule has 3 aromatic rings. The van der Waals surface area contributed by atoms with E-state index >= 15 is 0 Å². The molecule has 21 heavy (non-hydrogen) atoms. The van der Waals surface area contributed by atoms with Crippen LogP contribution in [0.3, 0.4) is 0 Å². The Morgan fingerprint density at radius 3 is 3.14 bits per heavy atom. The summed E-state index contributed by atoms with van der Waals surface area (Å²) in [7, 11) is 0. The number of nitrogen functional groups attached to an aromatic ring is 1. The van der Waals surface area contributed by atoms with Gasteiger partial charge in [0.05, 0.1) is 6.61 Å². The molecule has 0 aliphatic carbocycles. The molecular weight excluding hydrogens is 272 g/mol. The van der Waals surface area contributed by atoms with Crippen LogP contribution in [0.4, 0.5) is 5.82 Å². The molecule has 2 N–H and O–H groups in total. The van der Waals surface area contributed by atoms with Gasteiger partial charge >= 0.3 is 0 Å². The second kappa shape index (κ2) is 4.62. The lowest BCUT2D eigenvalue weighted by Gasteiger charge is -2.20. The van der Waals surface area contributed by atoms with Crippen molar-refractivity contribution in [2.75, 3.05) is 12.3 Å². The third-order valence-electron chi connectivity index (χ3n) is 3.39. The SMILES string of the molecule is Nc1noc2cc(Oc3cccnn3)c3c(c12)OCCC3. The highest BCUT2D eigenvalue weighted by atomic mass is 16.5. The molecule has 0 unspecified atom stereocenters. The van der Waals surface area contributed by atoms with Crippen LogP contribution in [0.1, 0.15) is 12.0 Å². The van der Waals surface area contributed by atoms with Crippen molar-refractivity contribution in [1.29, 1.82) is 0 Å². The summed E-state index contributed by atoms with van der Waals surface area (Å²) in [6.45, 7) is 0.640. The molecule has 7 nitrogen and oxygen atoms in total. The first-order valence-corrected chi connectivity index (χ1v) is 6.62. The van der Waals surface area contributed by atoms with Crippen LogP contribution in [0.15, 0.2) is 28.9 Å². The second-order valence-electron chi connectivity index (χ2n) is 4.74. The van der Waals surface area contributed by atoms with Crippen molar-refractivity contribution < 1.29 is 14.0 Å². The summed E-state index contributed by atoms with van der Waals surface area (Å²) in [5, 5.41) is 12.2. The van der Waals surface area contributed by atoms with Crippen molar-refractivity contribution in [3.05, 3.63) is 30.0 Å². The summed E-state index contributed by atoms with van der Waals surface area (Å²) in [6, 6.07) is 5.26. The van der Waals surface area contributed by atoms with Crippen LogP contribution in [0, 0.1) is 0 Å². The van der Waals surface area contributed by atoms with Gasteiger partial charge in [-0.05, 0) is 18.9 Å². The van der Waals surface area contributed by atoms with Crippen molar-refractivity contribution in [3.8, 4) is 17.4 Å². The maximum atomic E-state index is 5.85. The zero-order chi connectivity index (χ0) is 14.2. The molecule has 0 bridgehead atoms. The predicted octanol–water partition coefficient (Wildman–Crippen LogP) is 2.32. The van der Waals surface area contributed by atoms with Gasteiger partial charge in [-0.2, -0.15) is 5.10 Å². The fourth-order valence-corrected chi connectivity index (χ4v) is 2.48. The Kier molecular flexibility index (Phi) is 2.63. The minimum Gasteiger partial charge on any atom is -0.492 e. The van der Waals surface area contributed by atoms with E-state index in [2.05, 4.69) is 15.4 Å². The lowest BCUT2D eigenvalue weighted by Crippen LogP contribution is -2.10. The molecule has 2 aromatic heterocycles. The molecule has 0 fully saturated rings. The van der Waals surface area contributed by atoms with Crippen LogP contribution in [0.25, 0.3) is 11.0 Å².